The fourth-order valence-corrected chi connectivity index (χ4v) is 3.23. The molecule has 1 aliphatic rings. The van der Waals surface area contributed by atoms with Crippen LogP contribution in [0.3, 0.4) is 0 Å². The first-order chi connectivity index (χ1) is 7.24. The van der Waals surface area contributed by atoms with E-state index in [1.54, 1.807) is 11.3 Å². The molecule has 0 bridgehead atoms. The number of thiazole rings is 1. The Morgan fingerprint density at radius 2 is 2.40 bits per heavy atom. The van der Waals surface area contributed by atoms with Crippen molar-refractivity contribution >= 4 is 24.0 Å². The van der Waals surface area contributed by atoms with E-state index >= 15 is 0 Å². The highest BCUT2D eigenvalue weighted by Gasteiger charge is 2.36. The minimum atomic E-state index is 0.494. The highest BCUT2D eigenvalue weighted by molar-refractivity contribution is 7.80. The Balaban J connectivity index is 1.84. The average molecular weight is 242 g/mol. The standard InChI is InChI=1S/C11H18N2S2/c1-13(5-10-6-15-9-12-10)7-11(8-14)3-2-4-11/h6,9,14H,2-5,7-8H2,1H3. The first-order valence-corrected chi connectivity index (χ1v) is 6.98. The predicted octanol–water partition coefficient (Wildman–Crippen LogP) is 2.68. The third kappa shape index (κ3) is 2.74. The summed E-state index contributed by atoms with van der Waals surface area (Å²) in [4.78, 5) is 6.69. The normalized spacial score (nSPS) is 19.1. The van der Waals surface area contributed by atoms with Crippen LogP contribution in [0.5, 0.6) is 0 Å². The van der Waals surface area contributed by atoms with Gasteiger partial charge in [0.1, 0.15) is 0 Å². The van der Waals surface area contributed by atoms with Crippen LogP contribution in [0.4, 0.5) is 0 Å². The van der Waals surface area contributed by atoms with Crippen molar-refractivity contribution in [2.75, 3.05) is 19.3 Å². The minimum absolute atomic E-state index is 0.494. The Morgan fingerprint density at radius 3 is 2.87 bits per heavy atom. The van der Waals surface area contributed by atoms with Gasteiger partial charge >= 0.3 is 0 Å². The van der Waals surface area contributed by atoms with Gasteiger partial charge in [0.2, 0.25) is 0 Å². The van der Waals surface area contributed by atoms with Gasteiger partial charge < -0.3 is 0 Å². The van der Waals surface area contributed by atoms with Gasteiger partial charge in [-0.15, -0.1) is 11.3 Å². The zero-order chi connectivity index (χ0) is 10.7. The van der Waals surface area contributed by atoms with Crippen LogP contribution in [-0.4, -0.2) is 29.2 Å². The monoisotopic (exact) mass is 242 g/mol. The molecular formula is C11H18N2S2. The highest BCUT2D eigenvalue weighted by atomic mass is 32.1. The zero-order valence-electron chi connectivity index (χ0n) is 9.15. The molecule has 1 aromatic rings. The molecule has 15 heavy (non-hydrogen) atoms. The second-order valence-corrected chi connectivity index (χ2v) is 5.70. The molecule has 1 aliphatic carbocycles. The second kappa shape index (κ2) is 4.85. The Kier molecular flexibility index (Phi) is 3.69. The Labute approximate surface area is 101 Å². The lowest BCUT2D eigenvalue weighted by atomic mass is 9.70. The molecule has 0 atom stereocenters. The van der Waals surface area contributed by atoms with Crippen LogP contribution in [0.15, 0.2) is 10.9 Å². The summed E-state index contributed by atoms with van der Waals surface area (Å²) in [6.07, 6.45) is 4.07. The molecule has 0 aliphatic heterocycles. The topological polar surface area (TPSA) is 16.1 Å². The summed E-state index contributed by atoms with van der Waals surface area (Å²) < 4.78 is 0. The summed E-state index contributed by atoms with van der Waals surface area (Å²) in [6.45, 7) is 2.13. The molecule has 0 amide bonds. The molecule has 2 nitrogen and oxygen atoms in total. The molecule has 1 aromatic heterocycles. The molecule has 4 heteroatoms. The van der Waals surface area contributed by atoms with Gasteiger partial charge in [-0.2, -0.15) is 12.6 Å². The van der Waals surface area contributed by atoms with Crippen LogP contribution >= 0.6 is 24.0 Å². The van der Waals surface area contributed by atoms with Gasteiger partial charge in [0.05, 0.1) is 11.2 Å². The van der Waals surface area contributed by atoms with E-state index in [2.05, 4.69) is 34.9 Å². The first-order valence-electron chi connectivity index (χ1n) is 5.41. The second-order valence-electron chi connectivity index (χ2n) is 4.66. The molecule has 0 saturated heterocycles. The number of thiol groups is 1. The maximum absolute atomic E-state index is 4.48. The SMILES string of the molecule is CN(Cc1cscn1)CC1(CS)CCC1. The molecule has 1 saturated carbocycles. The number of nitrogens with zero attached hydrogens (tertiary/aromatic N) is 2. The summed E-state index contributed by atoms with van der Waals surface area (Å²) in [7, 11) is 2.18. The van der Waals surface area contributed by atoms with Gasteiger partial charge in [-0.05, 0) is 31.1 Å². The van der Waals surface area contributed by atoms with Crippen LogP contribution < -0.4 is 0 Å². The van der Waals surface area contributed by atoms with Gasteiger partial charge in [0.15, 0.2) is 0 Å². The highest BCUT2D eigenvalue weighted by Crippen LogP contribution is 2.42. The van der Waals surface area contributed by atoms with Crippen molar-refractivity contribution in [1.82, 2.24) is 9.88 Å². The predicted molar refractivity (Wildman–Crippen MR) is 68.6 cm³/mol. The number of hydrogen-bond acceptors (Lipinski definition) is 4. The molecule has 0 spiro atoms. The van der Waals surface area contributed by atoms with Gasteiger partial charge in [0.25, 0.3) is 0 Å². The van der Waals surface area contributed by atoms with Crippen molar-refractivity contribution in [1.29, 1.82) is 0 Å². The van der Waals surface area contributed by atoms with Crippen LogP contribution in [0.1, 0.15) is 25.0 Å². The minimum Gasteiger partial charge on any atom is -0.300 e. The zero-order valence-corrected chi connectivity index (χ0v) is 10.9. The largest absolute Gasteiger partial charge is 0.300 e. The number of aromatic nitrogens is 1. The van der Waals surface area contributed by atoms with E-state index in [-0.39, 0.29) is 0 Å². The van der Waals surface area contributed by atoms with Crippen molar-refractivity contribution in [2.24, 2.45) is 5.41 Å². The number of hydrogen-bond donors (Lipinski definition) is 1. The Morgan fingerprint density at radius 1 is 1.60 bits per heavy atom. The maximum atomic E-state index is 4.48. The van der Waals surface area contributed by atoms with Gasteiger partial charge in [-0.3, -0.25) is 4.90 Å². The summed E-state index contributed by atoms with van der Waals surface area (Å²) in [5, 5.41) is 2.13. The van der Waals surface area contributed by atoms with Crippen molar-refractivity contribution < 1.29 is 0 Å². The maximum Gasteiger partial charge on any atom is 0.0795 e. The van der Waals surface area contributed by atoms with Crippen molar-refractivity contribution in [3.05, 3.63) is 16.6 Å². The third-order valence-corrected chi connectivity index (χ3v) is 4.58. The summed E-state index contributed by atoms with van der Waals surface area (Å²) in [5.41, 5.74) is 3.59. The van der Waals surface area contributed by atoms with Crippen molar-refractivity contribution in [3.8, 4) is 0 Å². The smallest absolute Gasteiger partial charge is 0.0795 e. The molecule has 0 radical (unpaired) electrons. The lowest BCUT2D eigenvalue weighted by Crippen LogP contribution is -2.42. The lowest BCUT2D eigenvalue weighted by Gasteiger charge is -2.43. The van der Waals surface area contributed by atoms with E-state index in [1.807, 2.05) is 5.51 Å². The fraction of sp³-hybridized carbons (Fsp3) is 0.727. The fourth-order valence-electron chi connectivity index (χ4n) is 2.26. The van der Waals surface area contributed by atoms with Crippen LogP contribution in [0.2, 0.25) is 0 Å². The van der Waals surface area contributed by atoms with E-state index in [1.165, 1.54) is 25.0 Å². The van der Waals surface area contributed by atoms with E-state index in [9.17, 15) is 0 Å². The van der Waals surface area contributed by atoms with Crippen LogP contribution in [-0.2, 0) is 6.54 Å². The first kappa shape index (κ1) is 11.4. The van der Waals surface area contributed by atoms with Gasteiger partial charge in [-0.1, -0.05) is 6.42 Å². The summed E-state index contributed by atoms with van der Waals surface area (Å²) in [5.74, 6) is 1.02. The molecule has 0 unspecified atom stereocenters. The van der Waals surface area contributed by atoms with Crippen molar-refractivity contribution in [2.45, 2.75) is 25.8 Å². The molecule has 0 aromatic carbocycles. The van der Waals surface area contributed by atoms with Gasteiger partial charge in [-0.25, -0.2) is 4.98 Å². The molecule has 2 rings (SSSR count). The molecule has 1 heterocycles. The molecule has 0 N–H and O–H groups in total. The molecule has 84 valence electrons. The van der Waals surface area contributed by atoms with E-state index in [4.69, 9.17) is 0 Å². The quantitative estimate of drug-likeness (QED) is 0.799. The van der Waals surface area contributed by atoms with Crippen LogP contribution in [0, 0.1) is 5.41 Å². The third-order valence-electron chi connectivity index (χ3n) is 3.27. The van der Waals surface area contributed by atoms with Crippen LogP contribution in [0.25, 0.3) is 0 Å². The summed E-state index contributed by atoms with van der Waals surface area (Å²) >= 11 is 6.15. The lowest BCUT2D eigenvalue weighted by molar-refractivity contribution is 0.101. The number of rotatable bonds is 5. The van der Waals surface area contributed by atoms with E-state index in [0.29, 0.717) is 5.41 Å². The molecule has 1 fully saturated rings. The summed E-state index contributed by atoms with van der Waals surface area (Å²) in [6, 6.07) is 0. The van der Waals surface area contributed by atoms with Gasteiger partial charge in [0, 0.05) is 18.5 Å². The Bertz CT molecular complexity index is 288. The molecular weight excluding hydrogens is 224 g/mol. The Hall–Kier alpha value is -0.0600. The van der Waals surface area contributed by atoms with Crippen molar-refractivity contribution in [3.63, 3.8) is 0 Å². The average Bonchev–Trinajstić information content (AvgIpc) is 2.64. The van der Waals surface area contributed by atoms with E-state index in [0.717, 1.165) is 18.8 Å². The van der Waals surface area contributed by atoms with E-state index < -0.39 is 0 Å².